The maximum atomic E-state index is 12.2. The molecule has 1 aromatic rings. The standard InChI is InChI=1S/C16H27N5O2S/c1-4-17-15(23)12(3)24-16-19-18-13(21(16)5-2)11-20-10-8-6-7-9-14(20)22/h12H,4-11H2,1-3H3,(H,17,23)/t12-/m1/s1. The minimum Gasteiger partial charge on any atom is -0.355 e. The highest BCUT2D eigenvalue weighted by Crippen LogP contribution is 2.23. The predicted molar refractivity (Wildman–Crippen MR) is 93.6 cm³/mol. The molecule has 0 saturated carbocycles. The van der Waals surface area contributed by atoms with Crippen LogP contribution < -0.4 is 5.32 Å². The molecule has 0 bridgehead atoms. The molecule has 0 unspecified atom stereocenters. The molecule has 2 rings (SSSR count). The second kappa shape index (κ2) is 9.05. The molecule has 7 nitrogen and oxygen atoms in total. The Morgan fingerprint density at radius 3 is 2.79 bits per heavy atom. The lowest BCUT2D eigenvalue weighted by Gasteiger charge is -2.20. The molecule has 0 aromatic carbocycles. The molecule has 1 saturated heterocycles. The Labute approximate surface area is 147 Å². The molecule has 0 spiro atoms. The van der Waals surface area contributed by atoms with Crippen LogP contribution in [0.25, 0.3) is 0 Å². The third kappa shape index (κ3) is 4.72. The van der Waals surface area contributed by atoms with Crippen molar-refractivity contribution >= 4 is 23.6 Å². The van der Waals surface area contributed by atoms with Crippen LogP contribution in [-0.4, -0.2) is 49.8 Å². The van der Waals surface area contributed by atoms with Crippen molar-refractivity contribution in [2.75, 3.05) is 13.1 Å². The zero-order valence-corrected chi connectivity index (χ0v) is 15.6. The molecule has 1 aliphatic rings. The van der Waals surface area contributed by atoms with Crippen LogP contribution >= 0.6 is 11.8 Å². The van der Waals surface area contributed by atoms with Gasteiger partial charge in [-0.05, 0) is 33.6 Å². The highest BCUT2D eigenvalue weighted by Gasteiger charge is 2.22. The first-order chi connectivity index (χ1) is 11.6. The van der Waals surface area contributed by atoms with E-state index in [-0.39, 0.29) is 17.1 Å². The van der Waals surface area contributed by atoms with Gasteiger partial charge in [-0.3, -0.25) is 9.59 Å². The Bertz CT molecular complexity index is 575. The van der Waals surface area contributed by atoms with E-state index in [1.807, 2.05) is 30.2 Å². The highest BCUT2D eigenvalue weighted by molar-refractivity contribution is 8.00. The normalized spacial score (nSPS) is 16.8. The van der Waals surface area contributed by atoms with Gasteiger partial charge < -0.3 is 14.8 Å². The number of nitrogens with one attached hydrogen (secondary N) is 1. The molecule has 1 N–H and O–H groups in total. The minimum atomic E-state index is -0.230. The topological polar surface area (TPSA) is 80.1 Å². The molecular formula is C16H27N5O2S. The van der Waals surface area contributed by atoms with Crippen LogP contribution in [0.1, 0.15) is 52.3 Å². The van der Waals surface area contributed by atoms with Crippen molar-refractivity contribution in [2.45, 2.75) is 70.0 Å². The molecule has 24 heavy (non-hydrogen) atoms. The van der Waals surface area contributed by atoms with E-state index in [0.717, 1.165) is 43.3 Å². The van der Waals surface area contributed by atoms with Gasteiger partial charge >= 0.3 is 0 Å². The molecule has 134 valence electrons. The van der Waals surface area contributed by atoms with Crippen molar-refractivity contribution in [3.8, 4) is 0 Å². The van der Waals surface area contributed by atoms with Gasteiger partial charge in [0.1, 0.15) is 0 Å². The summed E-state index contributed by atoms with van der Waals surface area (Å²) in [4.78, 5) is 26.0. The van der Waals surface area contributed by atoms with Gasteiger partial charge in [0.25, 0.3) is 0 Å². The summed E-state index contributed by atoms with van der Waals surface area (Å²) < 4.78 is 2.00. The SMILES string of the molecule is CCNC(=O)[C@@H](C)Sc1nnc(CN2CCCCCC2=O)n1CC. The van der Waals surface area contributed by atoms with E-state index in [9.17, 15) is 9.59 Å². The van der Waals surface area contributed by atoms with Crippen LogP contribution in [-0.2, 0) is 22.7 Å². The fourth-order valence-corrected chi connectivity index (χ4v) is 3.70. The van der Waals surface area contributed by atoms with Gasteiger partial charge in [-0.2, -0.15) is 0 Å². The van der Waals surface area contributed by atoms with Crippen LogP contribution in [0.4, 0.5) is 0 Å². The van der Waals surface area contributed by atoms with Crippen molar-refractivity contribution in [1.29, 1.82) is 0 Å². The monoisotopic (exact) mass is 353 g/mol. The van der Waals surface area contributed by atoms with Gasteiger partial charge in [0, 0.05) is 26.1 Å². The quantitative estimate of drug-likeness (QED) is 0.756. The molecule has 1 atom stereocenters. The van der Waals surface area contributed by atoms with E-state index in [2.05, 4.69) is 15.5 Å². The number of likely N-dealkylation sites (tertiary alicyclic amines) is 1. The first-order valence-corrected chi connectivity index (χ1v) is 9.59. The molecule has 1 aromatic heterocycles. The Hall–Kier alpha value is -1.57. The summed E-state index contributed by atoms with van der Waals surface area (Å²) >= 11 is 1.40. The minimum absolute atomic E-state index is 0.00241. The summed E-state index contributed by atoms with van der Waals surface area (Å²) in [6, 6.07) is 0. The molecule has 8 heteroatoms. The van der Waals surface area contributed by atoms with Crippen LogP contribution in [0, 0.1) is 0 Å². The Balaban J connectivity index is 2.08. The first kappa shape index (κ1) is 18.8. The van der Waals surface area contributed by atoms with Gasteiger partial charge in [0.2, 0.25) is 11.8 Å². The zero-order valence-electron chi connectivity index (χ0n) is 14.7. The molecule has 2 amide bonds. The smallest absolute Gasteiger partial charge is 0.233 e. The number of rotatable bonds is 7. The number of aromatic nitrogens is 3. The van der Waals surface area contributed by atoms with Gasteiger partial charge in [-0.1, -0.05) is 18.2 Å². The number of carbonyl (C=O) groups is 2. The van der Waals surface area contributed by atoms with Crippen molar-refractivity contribution < 1.29 is 9.59 Å². The second-order valence-corrected chi connectivity index (χ2v) is 7.23. The van der Waals surface area contributed by atoms with E-state index in [0.29, 0.717) is 19.5 Å². The average Bonchev–Trinajstić information content (AvgIpc) is 2.82. The summed E-state index contributed by atoms with van der Waals surface area (Å²) in [5, 5.41) is 11.8. The lowest BCUT2D eigenvalue weighted by atomic mass is 10.2. The van der Waals surface area contributed by atoms with Crippen LogP contribution in [0.2, 0.25) is 0 Å². The second-order valence-electron chi connectivity index (χ2n) is 5.92. The van der Waals surface area contributed by atoms with E-state index < -0.39 is 0 Å². The first-order valence-electron chi connectivity index (χ1n) is 8.71. The summed E-state index contributed by atoms with van der Waals surface area (Å²) in [6.07, 6.45) is 3.74. The Morgan fingerprint density at radius 1 is 1.29 bits per heavy atom. The van der Waals surface area contributed by atoms with Crippen LogP contribution in [0.3, 0.4) is 0 Å². The predicted octanol–water partition coefficient (Wildman–Crippen LogP) is 1.82. The molecule has 0 radical (unpaired) electrons. The highest BCUT2D eigenvalue weighted by atomic mass is 32.2. The molecular weight excluding hydrogens is 326 g/mol. The van der Waals surface area contributed by atoms with Crippen LogP contribution in [0.5, 0.6) is 0 Å². The zero-order chi connectivity index (χ0) is 17.5. The summed E-state index contributed by atoms with van der Waals surface area (Å²) in [7, 11) is 0. The maximum Gasteiger partial charge on any atom is 0.233 e. The maximum absolute atomic E-state index is 12.2. The van der Waals surface area contributed by atoms with Crippen molar-refractivity contribution in [3.63, 3.8) is 0 Å². The fraction of sp³-hybridized carbons (Fsp3) is 0.750. The number of hydrogen-bond donors (Lipinski definition) is 1. The molecule has 0 aliphatic carbocycles. The lowest BCUT2D eigenvalue weighted by Crippen LogP contribution is -2.31. The molecule has 2 heterocycles. The Kier molecular flexibility index (Phi) is 7.08. The van der Waals surface area contributed by atoms with Gasteiger partial charge in [0.05, 0.1) is 11.8 Å². The van der Waals surface area contributed by atoms with E-state index in [1.165, 1.54) is 11.8 Å². The van der Waals surface area contributed by atoms with Crippen molar-refractivity contribution in [3.05, 3.63) is 5.82 Å². The molecule has 1 aliphatic heterocycles. The third-order valence-corrected chi connectivity index (χ3v) is 5.20. The number of nitrogens with zero attached hydrogens (tertiary/aromatic N) is 4. The van der Waals surface area contributed by atoms with Crippen molar-refractivity contribution in [1.82, 2.24) is 25.0 Å². The number of hydrogen-bond acceptors (Lipinski definition) is 5. The fourth-order valence-electron chi connectivity index (χ4n) is 2.75. The van der Waals surface area contributed by atoms with Crippen molar-refractivity contribution in [2.24, 2.45) is 0 Å². The van der Waals surface area contributed by atoms with E-state index >= 15 is 0 Å². The number of amides is 2. The third-order valence-electron chi connectivity index (χ3n) is 4.12. The summed E-state index contributed by atoms with van der Waals surface area (Å²) in [5.41, 5.74) is 0. The largest absolute Gasteiger partial charge is 0.355 e. The number of thioether (sulfide) groups is 1. The van der Waals surface area contributed by atoms with Gasteiger partial charge in [-0.15, -0.1) is 10.2 Å². The summed E-state index contributed by atoms with van der Waals surface area (Å²) in [5.74, 6) is 0.985. The lowest BCUT2D eigenvalue weighted by molar-refractivity contribution is -0.131. The van der Waals surface area contributed by atoms with E-state index in [4.69, 9.17) is 0 Å². The average molecular weight is 353 g/mol. The van der Waals surface area contributed by atoms with Gasteiger partial charge in [-0.25, -0.2) is 0 Å². The summed E-state index contributed by atoms with van der Waals surface area (Å²) in [6.45, 7) is 8.41. The molecule has 1 fully saturated rings. The van der Waals surface area contributed by atoms with Crippen LogP contribution in [0.15, 0.2) is 5.16 Å². The Morgan fingerprint density at radius 2 is 2.08 bits per heavy atom. The van der Waals surface area contributed by atoms with E-state index in [1.54, 1.807) is 0 Å². The number of carbonyl (C=O) groups excluding carboxylic acids is 2. The van der Waals surface area contributed by atoms with Gasteiger partial charge in [0.15, 0.2) is 11.0 Å².